The van der Waals surface area contributed by atoms with Crippen molar-refractivity contribution < 1.29 is 28.8 Å². The minimum Gasteiger partial charge on any atom is -0.504 e. The third-order valence-electron chi connectivity index (χ3n) is 6.40. The maximum Gasteiger partial charge on any atom is 0.231 e. The zero-order valence-corrected chi connectivity index (χ0v) is 21.0. The van der Waals surface area contributed by atoms with Crippen LogP contribution in [0.5, 0.6) is 40.2 Å². The Morgan fingerprint density at radius 1 is 0.649 bits per heavy atom. The van der Waals surface area contributed by atoms with Crippen LogP contribution in [-0.4, -0.2) is 26.1 Å². The van der Waals surface area contributed by atoms with Crippen molar-refractivity contribution in [3.63, 3.8) is 0 Å². The molecular formula is C31H30O6. The Bertz CT molecular complexity index is 1380. The topological polar surface area (TPSA) is 66.4 Å². The molecule has 0 fully saturated rings. The predicted molar refractivity (Wildman–Crippen MR) is 142 cm³/mol. The summed E-state index contributed by atoms with van der Waals surface area (Å²) in [6.45, 7) is 0.258. The fourth-order valence-corrected chi connectivity index (χ4v) is 4.46. The van der Waals surface area contributed by atoms with E-state index in [0.29, 0.717) is 23.7 Å². The lowest BCUT2D eigenvalue weighted by Gasteiger charge is -2.15. The Morgan fingerprint density at radius 2 is 1.30 bits per heavy atom. The molecule has 6 nitrogen and oxygen atoms in total. The van der Waals surface area contributed by atoms with E-state index in [0.717, 1.165) is 53.2 Å². The number of aryl methyl sites for hydroxylation is 4. The summed E-state index contributed by atoms with van der Waals surface area (Å²) in [6, 6.07) is 25.7. The van der Waals surface area contributed by atoms with Gasteiger partial charge in [0.05, 0.1) is 14.2 Å². The van der Waals surface area contributed by atoms with Gasteiger partial charge in [0, 0.05) is 0 Å². The molecule has 190 valence electrons. The second-order valence-electron chi connectivity index (χ2n) is 8.93. The number of methoxy groups -OCH3 is 2. The number of benzene rings is 4. The van der Waals surface area contributed by atoms with E-state index in [1.54, 1.807) is 13.2 Å². The Labute approximate surface area is 217 Å². The van der Waals surface area contributed by atoms with Gasteiger partial charge in [0.25, 0.3) is 0 Å². The fraction of sp³-hybridized carbons (Fsp3) is 0.226. The van der Waals surface area contributed by atoms with Crippen LogP contribution in [0.15, 0.2) is 78.9 Å². The summed E-state index contributed by atoms with van der Waals surface area (Å²) in [4.78, 5) is 0. The molecule has 4 aromatic rings. The van der Waals surface area contributed by atoms with Gasteiger partial charge in [-0.1, -0.05) is 30.3 Å². The van der Waals surface area contributed by atoms with Crippen LogP contribution >= 0.6 is 0 Å². The van der Waals surface area contributed by atoms with Gasteiger partial charge in [0.2, 0.25) is 12.5 Å². The Hall–Kier alpha value is -4.32. The zero-order valence-electron chi connectivity index (χ0n) is 21.0. The van der Waals surface area contributed by atoms with Gasteiger partial charge in [-0.15, -0.1) is 0 Å². The smallest absolute Gasteiger partial charge is 0.231 e. The lowest BCUT2D eigenvalue weighted by Crippen LogP contribution is -1.97. The van der Waals surface area contributed by atoms with Gasteiger partial charge in [-0.2, -0.15) is 0 Å². The van der Waals surface area contributed by atoms with E-state index in [9.17, 15) is 5.11 Å². The summed E-state index contributed by atoms with van der Waals surface area (Å²) in [7, 11) is 3.21. The van der Waals surface area contributed by atoms with E-state index < -0.39 is 0 Å². The number of rotatable bonds is 10. The monoisotopic (exact) mass is 498 g/mol. The SMILES string of the molecule is COc1cccc(CCc2cccc(Oc3cc(CCc4ccc5c(c4)OCO5)cc(O)c3OC)c2)c1. The van der Waals surface area contributed by atoms with E-state index >= 15 is 0 Å². The third kappa shape index (κ3) is 5.92. The molecule has 1 N–H and O–H groups in total. The molecule has 1 aliphatic heterocycles. The van der Waals surface area contributed by atoms with Crippen LogP contribution in [0.1, 0.15) is 22.3 Å². The molecule has 0 atom stereocenters. The zero-order chi connectivity index (χ0) is 25.6. The van der Waals surface area contributed by atoms with Crippen molar-refractivity contribution in [1.29, 1.82) is 0 Å². The van der Waals surface area contributed by atoms with Crippen molar-refractivity contribution in [2.24, 2.45) is 0 Å². The van der Waals surface area contributed by atoms with Gasteiger partial charge >= 0.3 is 0 Å². The van der Waals surface area contributed by atoms with Crippen LogP contribution in [0.25, 0.3) is 0 Å². The average molecular weight is 499 g/mol. The Kier molecular flexibility index (Phi) is 7.36. The number of hydrogen-bond acceptors (Lipinski definition) is 6. The molecule has 1 heterocycles. The van der Waals surface area contributed by atoms with Crippen molar-refractivity contribution in [1.82, 2.24) is 0 Å². The maximum absolute atomic E-state index is 10.6. The standard InChI is InChI=1S/C31H30O6/c1-33-25-7-3-5-21(15-25)9-10-22-6-4-8-26(16-22)37-30-19-24(17-27(32)31(30)34-2)12-11-23-13-14-28-29(18-23)36-20-35-28/h3-8,13-19,32H,9-12,20H2,1-2H3. The number of phenolic OH excluding ortho intramolecular Hbond substituents is 1. The molecule has 0 spiro atoms. The molecule has 0 bridgehead atoms. The van der Waals surface area contributed by atoms with Crippen LogP contribution < -0.4 is 23.7 Å². The quantitative estimate of drug-likeness (QED) is 0.269. The van der Waals surface area contributed by atoms with Crippen LogP contribution in [0.4, 0.5) is 0 Å². The summed E-state index contributed by atoms with van der Waals surface area (Å²) in [6.07, 6.45) is 3.25. The maximum atomic E-state index is 10.6. The molecule has 0 unspecified atom stereocenters. The largest absolute Gasteiger partial charge is 0.504 e. The van der Waals surface area contributed by atoms with Crippen molar-refractivity contribution in [2.45, 2.75) is 25.7 Å². The summed E-state index contributed by atoms with van der Waals surface area (Å²) in [5.74, 6) is 3.93. The highest BCUT2D eigenvalue weighted by atomic mass is 16.7. The second-order valence-corrected chi connectivity index (χ2v) is 8.93. The number of aromatic hydroxyl groups is 1. The number of fused-ring (bicyclic) bond motifs is 1. The highest BCUT2D eigenvalue weighted by Crippen LogP contribution is 2.41. The molecule has 5 rings (SSSR count). The molecule has 6 heteroatoms. The first-order chi connectivity index (χ1) is 18.1. The molecule has 0 radical (unpaired) electrons. The van der Waals surface area contributed by atoms with E-state index in [2.05, 4.69) is 18.2 Å². The highest BCUT2D eigenvalue weighted by molar-refractivity contribution is 5.55. The summed E-state index contributed by atoms with van der Waals surface area (Å²) in [5.41, 5.74) is 4.45. The van der Waals surface area contributed by atoms with E-state index in [1.807, 2.05) is 54.6 Å². The lowest BCUT2D eigenvalue weighted by molar-refractivity contribution is 0.174. The summed E-state index contributed by atoms with van der Waals surface area (Å²) < 4.78 is 27.9. The first-order valence-corrected chi connectivity index (χ1v) is 12.3. The minimum absolute atomic E-state index is 0.0508. The highest BCUT2D eigenvalue weighted by Gasteiger charge is 2.16. The van der Waals surface area contributed by atoms with Crippen LogP contribution in [0.3, 0.4) is 0 Å². The number of phenols is 1. The minimum atomic E-state index is 0.0508. The van der Waals surface area contributed by atoms with E-state index in [1.165, 1.54) is 12.7 Å². The van der Waals surface area contributed by atoms with Crippen molar-refractivity contribution in [2.75, 3.05) is 21.0 Å². The van der Waals surface area contributed by atoms with Crippen molar-refractivity contribution in [3.05, 3.63) is 101 Å². The van der Waals surface area contributed by atoms with Crippen LogP contribution in [-0.2, 0) is 25.7 Å². The average Bonchev–Trinajstić information content (AvgIpc) is 3.39. The molecule has 0 amide bonds. The van der Waals surface area contributed by atoms with Gasteiger partial charge in [0.15, 0.2) is 23.0 Å². The number of ether oxygens (including phenoxy) is 5. The van der Waals surface area contributed by atoms with Gasteiger partial charge in [-0.25, -0.2) is 0 Å². The lowest BCUT2D eigenvalue weighted by atomic mass is 10.0. The Morgan fingerprint density at radius 3 is 2.03 bits per heavy atom. The summed E-state index contributed by atoms with van der Waals surface area (Å²) in [5, 5.41) is 10.6. The molecular weight excluding hydrogens is 468 g/mol. The first-order valence-electron chi connectivity index (χ1n) is 12.3. The molecule has 4 aromatic carbocycles. The van der Waals surface area contributed by atoms with Gasteiger partial charge in [0.1, 0.15) is 11.5 Å². The molecule has 1 aliphatic rings. The fourth-order valence-electron chi connectivity index (χ4n) is 4.46. The second kappa shape index (κ2) is 11.2. The Balaban J connectivity index is 1.29. The van der Waals surface area contributed by atoms with E-state index in [-0.39, 0.29) is 12.5 Å². The van der Waals surface area contributed by atoms with Crippen molar-refractivity contribution in [3.8, 4) is 40.2 Å². The normalized spacial score (nSPS) is 11.8. The third-order valence-corrected chi connectivity index (χ3v) is 6.40. The molecule has 37 heavy (non-hydrogen) atoms. The predicted octanol–water partition coefficient (Wildman–Crippen LogP) is 6.50. The van der Waals surface area contributed by atoms with Gasteiger partial charge in [-0.05, 0) is 96.5 Å². The van der Waals surface area contributed by atoms with Gasteiger partial charge in [-0.3, -0.25) is 0 Å². The van der Waals surface area contributed by atoms with Gasteiger partial charge < -0.3 is 28.8 Å². The molecule has 0 aliphatic carbocycles. The molecule has 0 aromatic heterocycles. The van der Waals surface area contributed by atoms with Crippen LogP contribution in [0.2, 0.25) is 0 Å². The van der Waals surface area contributed by atoms with E-state index in [4.69, 9.17) is 23.7 Å². The van der Waals surface area contributed by atoms with Crippen LogP contribution in [0, 0.1) is 0 Å². The summed E-state index contributed by atoms with van der Waals surface area (Å²) >= 11 is 0. The number of hydrogen-bond donors (Lipinski definition) is 1. The molecule has 0 saturated heterocycles. The molecule has 0 saturated carbocycles. The van der Waals surface area contributed by atoms with Crippen molar-refractivity contribution >= 4 is 0 Å². The first kappa shape index (κ1) is 24.4.